The molecule has 0 aliphatic heterocycles. The first-order valence-corrected chi connectivity index (χ1v) is 5.43. The number of hydrogen-bond acceptors (Lipinski definition) is 1. The van der Waals surface area contributed by atoms with Crippen LogP contribution in [0.25, 0.3) is 0 Å². The number of halogens is 1. The van der Waals surface area contributed by atoms with Crippen LogP contribution in [-0.4, -0.2) is 11.2 Å². The first kappa shape index (κ1) is 12.2. The Hall–Kier alpha value is -0.890. The van der Waals surface area contributed by atoms with Crippen LogP contribution in [0.5, 0.6) is 0 Å². The smallest absolute Gasteiger partial charge is 0.123 e. The van der Waals surface area contributed by atoms with E-state index in [1.807, 2.05) is 26.8 Å². The van der Waals surface area contributed by atoms with Gasteiger partial charge in [0.2, 0.25) is 0 Å². The fraction of sp³-hybridized carbons (Fsp3) is 0.538. The summed E-state index contributed by atoms with van der Waals surface area (Å²) in [6, 6.07) is 6.57. The quantitative estimate of drug-likeness (QED) is 0.810. The molecule has 1 aromatic carbocycles. The summed E-state index contributed by atoms with van der Waals surface area (Å²) in [6.45, 7) is 5.98. The van der Waals surface area contributed by atoms with Crippen LogP contribution in [0.1, 0.15) is 26.3 Å². The van der Waals surface area contributed by atoms with Crippen LogP contribution in [0.2, 0.25) is 0 Å². The maximum absolute atomic E-state index is 12.9. The van der Waals surface area contributed by atoms with Gasteiger partial charge >= 0.3 is 0 Å². The molecule has 0 fully saturated rings. The van der Waals surface area contributed by atoms with Crippen molar-refractivity contribution in [2.75, 3.05) is 0 Å². The molecule has 1 aromatic rings. The van der Waals surface area contributed by atoms with Gasteiger partial charge in [-0.3, -0.25) is 0 Å². The van der Waals surface area contributed by atoms with Crippen molar-refractivity contribution in [3.05, 3.63) is 35.6 Å². The SMILES string of the molecule is CC(C)C(O)C(C)Cc1cccc(F)c1. The molecule has 0 spiro atoms. The van der Waals surface area contributed by atoms with E-state index in [0.29, 0.717) is 0 Å². The molecule has 15 heavy (non-hydrogen) atoms. The van der Waals surface area contributed by atoms with Gasteiger partial charge in [0.15, 0.2) is 0 Å². The highest BCUT2D eigenvalue weighted by Crippen LogP contribution is 2.17. The first-order valence-electron chi connectivity index (χ1n) is 5.43. The Labute approximate surface area is 90.9 Å². The molecular weight excluding hydrogens is 191 g/mol. The van der Waals surface area contributed by atoms with Gasteiger partial charge in [0.25, 0.3) is 0 Å². The molecule has 1 N–H and O–H groups in total. The zero-order valence-corrected chi connectivity index (χ0v) is 9.57. The zero-order valence-electron chi connectivity index (χ0n) is 9.57. The van der Waals surface area contributed by atoms with Gasteiger partial charge in [-0.25, -0.2) is 4.39 Å². The number of aliphatic hydroxyl groups is 1. The van der Waals surface area contributed by atoms with Crippen LogP contribution in [0, 0.1) is 17.7 Å². The average molecular weight is 210 g/mol. The Morgan fingerprint density at radius 3 is 2.47 bits per heavy atom. The van der Waals surface area contributed by atoms with E-state index in [1.165, 1.54) is 12.1 Å². The summed E-state index contributed by atoms with van der Waals surface area (Å²) in [7, 11) is 0. The highest BCUT2D eigenvalue weighted by atomic mass is 19.1. The molecule has 0 bridgehead atoms. The number of aliphatic hydroxyl groups excluding tert-OH is 1. The summed E-state index contributed by atoms with van der Waals surface area (Å²) < 4.78 is 12.9. The minimum absolute atomic E-state index is 0.159. The summed E-state index contributed by atoms with van der Waals surface area (Å²) in [6.07, 6.45) is 0.394. The molecule has 2 unspecified atom stereocenters. The van der Waals surface area contributed by atoms with E-state index in [1.54, 1.807) is 6.07 Å². The Morgan fingerprint density at radius 2 is 1.93 bits per heavy atom. The predicted octanol–water partition coefficient (Wildman–Crippen LogP) is 3.02. The molecule has 0 saturated carbocycles. The molecule has 0 saturated heterocycles. The van der Waals surface area contributed by atoms with Crippen molar-refractivity contribution in [2.45, 2.75) is 33.3 Å². The van der Waals surface area contributed by atoms with Gasteiger partial charge in [-0.2, -0.15) is 0 Å². The molecular formula is C13H19FO. The monoisotopic (exact) mass is 210 g/mol. The maximum atomic E-state index is 12.9. The molecule has 84 valence electrons. The summed E-state index contributed by atoms with van der Waals surface area (Å²) in [5.41, 5.74) is 0.946. The van der Waals surface area contributed by atoms with Crippen molar-refractivity contribution < 1.29 is 9.50 Å². The van der Waals surface area contributed by atoms with Crippen LogP contribution in [-0.2, 0) is 6.42 Å². The van der Waals surface area contributed by atoms with E-state index in [2.05, 4.69) is 0 Å². The third-order valence-electron chi connectivity index (χ3n) is 2.71. The van der Waals surface area contributed by atoms with Gasteiger partial charge in [0, 0.05) is 0 Å². The zero-order chi connectivity index (χ0) is 11.4. The van der Waals surface area contributed by atoms with Gasteiger partial charge in [0.1, 0.15) is 5.82 Å². The van der Waals surface area contributed by atoms with Crippen molar-refractivity contribution >= 4 is 0 Å². The lowest BCUT2D eigenvalue weighted by molar-refractivity contribution is 0.0724. The molecule has 1 nitrogen and oxygen atoms in total. The van der Waals surface area contributed by atoms with Gasteiger partial charge in [-0.1, -0.05) is 32.9 Å². The second-order valence-corrected chi connectivity index (χ2v) is 4.55. The van der Waals surface area contributed by atoms with Gasteiger partial charge in [-0.15, -0.1) is 0 Å². The van der Waals surface area contributed by atoms with Crippen molar-refractivity contribution in [3.63, 3.8) is 0 Å². The minimum atomic E-state index is -0.326. The topological polar surface area (TPSA) is 20.2 Å². The molecule has 0 heterocycles. The number of rotatable bonds is 4. The summed E-state index contributed by atoms with van der Waals surface area (Å²) in [4.78, 5) is 0. The fourth-order valence-corrected chi connectivity index (χ4v) is 1.81. The third-order valence-corrected chi connectivity index (χ3v) is 2.71. The van der Waals surface area contributed by atoms with Crippen LogP contribution >= 0.6 is 0 Å². The van der Waals surface area contributed by atoms with Crippen LogP contribution in [0.3, 0.4) is 0 Å². The van der Waals surface area contributed by atoms with E-state index in [-0.39, 0.29) is 23.8 Å². The lowest BCUT2D eigenvalue weighted by Gasteiger charge is -2.22. The maximum Gasteiger partial charge on any atom is 0.123 e. The van der Waals surface area contributed by atoms with Gasteiger partial charge in [0.05, 0.1) is 6.10 Å². The predicted molar refractivity (Wildman–Crippen MR) is 60.1 cm³/mol. The second kappa shape index (κ2) is 5.26. The Morgan fingerprint density at radius 1 is 1.27 bits per heavy atom. The van der Waals surface area contributed by atoms with Crippen LogP contribution in [0.15, 0.2) is 24.3 Å². The molecule has 0 aromatic heterocycles. The standard InChI is InChI=1S/C13H19FO/c1-9(2)13(15)10(3)7-11-5-4-6-12(14)8-11/h4-6,8-10,13,15H,7H2,1-3H3. The van der Waals surface area contributed by atoms with Crippen molar-refractivity contribution in [1.82, 2.24) is 0 Å². The minimum Gasteiger partial charge on any atom is -0.393 e. The Kier molecular flexibility index (Phi) is 4.28. The van der Waals surface area contributed by atoms with Crippen molar-refractivity contribution in [3.8, 4) is 0 Å². The van der Waals surface area contributed by atoms with Crippen molar-refractivity contribution in [2.24, 2.45) is 11.8 Å². The van der Waals surface area contributed by atoms with E-state index >= 15 is 0 Å². The lowest BCUT2D eigenvalue weighted by Crippen LogP contribution is -2.25. The Bertz CT molecular complexity index is 309. The molecule has 1 rings (SSSR count). The summed E-state index contributed by atoms with van der Waals surface area (Å²) in [5.74, 6) is 0.194. The molecule has 0 aliphatic carbocycles. The molecule has 0 aliphatic rings. The van der Waals surface area contributed by atoms with Gasteiger partial charge < -0.3 is 5.11 Å². The average Bonchev–Trinajstić information content (AvgIpc) is 2.16. The highest BCUT2D eigenvalue weighted by molar-refractivity contribution is 5.16. The van der Waals surface area contributed by atoms with E-state index in [4.69, 9.17) is 0 Å². The third kappa shape index (κ3) is 3.63. The molecule has 2 heteroatoms. The van der Waals surface area contributed by atoms with Crippen LogP contribution in [0.4, 0.5) is 4.39 Å². The largest absolute Gasteiger partial charge is 0.393 e. The molecule has 0 radical (unpaired) electrons. The van der Waals surface area contributed by atoms with Crippen LogP contribution < -0.4 is 0 Å². The van der Waals surface area contributed by atoms with Crippen molar-refractivity contribution in [1.29, 1.82) is 0 Å². The van der Waals surface area contributed by atoms with E-state index < -0.39 is 0 Å². The second-order valence-electron chi connectivity index (χ2n) is 4.55. The fourth-order valence-electron chi connectivity index (χ4n) is 1.81. The first-order chi connectivity index (χ1) is 7.00. The lowest BCUT2D eigenvalue weighted by atomic mass is 9.89. The Balaban J connectivity index is 2.62. The van der Waals surface area contributed by atoms with E-state index in [0.717, 1.165) is 12.0 Å². The van der Waals surface area contributed by atoms with E-state index in [9.17, 15) is 9.50 Å². The molecule has 2 atom stereocenters. The highest BCUT2D eigenvalue weighted by Gasteiger charge is 2.17. The molecule has 0 amide bonds. The number of hydrogen-bond donors (Lipinski definition) is 1. The number of benzene rings is 1. The normalized spacial score (nSPS) is 15.3. The summed E-state index contributed by atoms with van der Waals surface area (Å²) in [5, 5.41) is 9.83. The summed E-state index contributed by atoms with van der Waals surface area (Å²) >= 11 is 0. The van der Waals surface area contributed by atoms with Gasteiger partial charge in [-0.05, 0) is 36.0 Å².